The number of alkyl halides is 3. The molecule has 29 heavy (non-hydrogen) atoms. The summed E-state index contributed by atoms with van der Waals surface area (Å²) in [5, 5.41) is 5.07. The van der Waals surface area contributed by atoms with Crippen LogP contribution in [0.15, 0.2) is 48.5 Å². The van der Waals surface area contributed by atoms with E-state index in [1.165, 1.54) is 18.2 Å². The maximum atomic E-state index is 13.1. The smallest absolute Gasteiger partial charge is 0.418 e. The van der Waals surface area contributed by atoms with Gasteiger partial charge in [0.25, 0.3) is 0 Å². The van der Waals surface area contributed by atoms with Gasteiger partial charge in [0.15, 0.2) is 0 Å². The second kappa shape index (κ2) is 8.73. The summed E-state index contributed by atoms with van der Waals surface area (Å²) in [4.78, 5) is 12.4. The molecule has 1 saturated heterocycles. The zero-order valence-corrected chi connectivity index (χ0v) is 16.0. The molecule has 8 heteroatoms. The van der Waals surface area contributed by atoms with Crippen LogP contribution in [0.3, 0.4) is 0 Å². The van der Waals surface area contributed by atoms with Gasteiger partial charge >= 0.3 is 12.2 Å². The molecule has 0 atom stereocenters. The minimum absolute atomic E-state index is 0.275. The first-order chi connectivity index (χ1) is 13.8. The van der Waals surface area contributed by atoms with Crippen LogP contribution in [-0.4, -0.2) is 32.9 Å². The molecule has 0 unspecified atom stereocenters. The predicted octanol–water partition coefficient (Wildman–Crippen LogP) is 4.58. The lowest BCUT2D eigenvalue weighted by molar-refractivity contribution is -0.136. The zero-order chi connectivity index (χ0) is 20.9. The number of para-hydroxylation sites is 1. The van der Waals surface area contributed by atoms with Gasteiger partial charge in [0, 0.05) is 25.2 Å². The van der Waals surface area contributed by atoms with Gasteiger partial charge in [-0.25, -0.2) is 4.79 Å². The number of amides is 2. The summed E-state index contributed by atoms with van der Waals surface area (Å²) in [6.07, 6.45) is -3.16. The summed E-state index contributed by atoms with van der Waals surface area (Å²) < 4.78 is 50.0. The number of rotatable bonds is 5. The fraction of sp³-hybridized carbons (Fsp3) is 0.381. The molecule has 0 spiro atoms. The van der Waals surface area contributed by atoms with E-state index in [9.17, 15) is 18.0 Å². The molecule has 0 saturated carbocycles. The topological polar surface area (TPSA) is 59.6 Å². The lowest BCUT2D eigenvalue weighted by atomic mass is 9.74. The number of carbonyl (C=O) groups excluding carboxylic acids is 1. The van der Waals surface area contributed by atoms with Crippen LogP contribution in [0.4, 0.5) is 23.7 Å². The van der Waals surface area contributed by atoms with Gasteiger partial charge in [0.1, 0.15) is 5.75 Å². The molecule has 1 aliphatic rings. The third-order valence-electron chi connectivity index (χ3n) is 5.22. The fourth-order valence-corrected chi connectivity index (χ4v) is 3.53. The van der Waals surface area contributed by atoms with E-state index in [0.29, 0.717) is 26.1 Å². The number of nitrogens with one attached hydrogen (secondary N) is 2. The Balaban J connectivity index is 1.72. The fourth-order valence-electron chi connectivity index (χ4n) is 3.53. The summed E-state index contributed by atoms with van der Waals surface area (Å²) in [7, 11) is 1.59. The first kappa shape index (κ1) is 21.0. The van der Waals surface area contributed by atoms with Crippen molar-refractivity contribution in [3.63, 3.8) is 0 Å². The van der Waals surface area contributed by atoms with E-state index in [2.05, 4.69) is 10.6 Å². The maximum Gasteiger partial charge on any atom is 0.418 e. The van der Waals surface area contributed by atoms with E-state index < -0.39 is 17.8 Å². The van der Waals surface area contributed by atoms with E-state index in [0.717, 1.165) is 17.4 Å². The number of benzene rings is 2. The van der Waals surface area contributed by atoms with Gasteiger partial charge in [0.05, 0.1) is 18.4 Å². The molecule has 0 radical (unpaired) electrons. The maximum absolute atomic E-state index is 13.1. The van der Waals surface area contributed by atoms with Crippen LogP contribution in [-0.2, 0) is 16.3 Å². The van der Waals surface area contributed by atoms with Crippen molar-refractivity contribution < 1.29 is 27.4 Å². The molecule has 2 aromatic rings. The Labute approximate surface area is 167 Å². The van der Waals surface area contributed by atoms with Crippen LogP contribution < -0.4 is 15.4 Å². The summed E-state index contributed by atoms with van der Waals surface area (Å²) in [6.45, 7) is 1.38. The number of anilines is 1. The van der Waals surface area contributed by atoms with E-state index in [4.69, 9.17) is 9.47 Å². The molecule has 2 amide bonds. The summed E-state index contributed by atoms with van der Waals surface area (Å²) in [5.41, 5.74) is -0.488. The number of hydrogen-bond acceptors (Lipinski definition) is 3. The van der Waals surface area contributed by atoms with Crippen molar-refractivity contribution >= 4 is 11.7 Å². The molecule has 156 valence electrons. The normalized spacial score (nSPS) is 16.1. The lowest BCUT2D eigenvalue weighted by Gasteiger charge is -2.38. The third-order valence-corrected chi connectivity index (χ3v) is 5.22. The van der Waals surface area contributed by atoms with Crippen molar-refractivity contribution in [3.05, 3.63) is 59.7 Å². The number of ether oxygens (including phenoxy) is 2. The highest BCUT2D eigenvalue weighted by Gasteiger charge is 2.36. The van der Waals surface area contributed by atoms with Crippen molar-refractivity contribution in [2.75, 3.05) is 32.2 Å². The standard InChI is InChI=1S/C21H23F3N2O3/c1-28-16-8-6-15(7-9-16)20(10-12-29-13-11-20)14-25-19(27)26-18-5-3-2-4-17(18)21(22,23)24/h2-9H,10-14H2,1H3,(H2,25,26,27). The van der Waals surface area contributed by atoms with Crippen molar-refractivity contribution in [3.8, 4) is 5.75 Å². The number of urea groups is 1. The molecule has 1 heterocycles. The summed E-state index contributed by atoms with van der Waals surface area (Å²) >= 11 is 0. The SMILES string of the molecule is COc1ccc(C2(CNC(=O)Nc3ccccc3C(F)(F)F)CCOCC2)cc1. The van der Waals surface area contributed by atoms with Crippen LogP contribution in [0.25, 0.3) is 0 Å². The molecule has 1 aliphatic heterocycles. The molecule has 0 aromatic heterocycles. The average molecular weight is 408 g/mol. The van der Waals surface area contributed by atoms with Crippen molar-refractivity contribution in [2.24, 2.45) is 0 Å². The second-order valence-corrected chi connectivity index (χ2v) is 6.97. The minimum Gasteiger partial charge on any atom is -0.497 e. The molecule has 1 fully saturated rings. The molecular weight excluding hydrogens is 385 g/mol. The molecular formula is C21H23F3N2O3. The Morgan fingerprint density at radius 3 is 2.38 bits per heavy atom. The highest BCUT2D eigenvalue weighted by atomic mass is 19.4. The van der Waals surface area contributed by atoms with E-state index in [1.54, 1.807) is 7.11 Å². The molecule has 2 aromatic carbocycles. The van der Waals surface area contributed by atoms with Gasteiger partial charge in [-0.2, -0.15) is 13.2 Å². The average Bonchev–Trinajstić information content (AvgIpc) is 2.73. The Bertz CT molecular complexity index is 832. The van der Waals surface area contributed by atoms with E-state index >= 15 is 0 Å². The van der Waals surface area contributed by atoms with Crippen LogP contribution in [0.2, 0.25) is 0 Å². The van der Waals surface area contributed by atoms with Crippen LogP contribution in [0, 0.1) is 0 Å². The molecule has 3 rings (SSSR count). The quantitative estimate of drug-likeness (QED) is 0.761. The predicted molar refractivity (Wildman–Crippen MR) is 103 cm³/mol. The third kappa shape index (κ3) is 5.00. The van der Waals surface area contributed by atoms with E-state index in [-0.39, 0.29) is 17.6 Å². The van der Waals surface area contributed by atoms with Gasteiger partial charge < -0.3 is 20.1 Å². The van der Waals surface area contributed by atoms with Crippen LogP contribution in [0.5, 0.6) is 5.75 Å². The van der Waals surface area contributed by atoms with Crippen molar-refractivity contribution in [2.45, 2.75) is 24.4 Å². The number of carbonyl (C=O) groups is 1. The summed E-state index contributed by atoms with van der Waals surface area (Å²) in [5.74, 6) is 0.727. The Hall–Kier alpha value is -2.74. The Morgan fingerprint density at radius 1 is 1.10 bits per heavy atom. The Kier molecular flexibility index (Phi) is 6.32. The number of halogens is 3. The van der Waals surface area contributed by atoms with E-state index in [1.807, 2.05) is 24.3 Å². The van der Waals surface area contributed by atoms with Gasteiger partial charge in [-0.1, -0.05) is 24.3 Å². The Morgan fingerprint density at radius 2 is 1.76 bits per heavy atom. The molecule has 0 bridgehead atoms. The second-order valence-electron chi connectivity index (χ2n) is 6.97. The minimum atomic E-state index is -4.55. The van der Waals surface area contributed by atoms with Crippen LogP contribution >= 0.6 is 0 Å². The molecule has 5 nitrogen and oxygen atoms in total. The summed E-state index contributed by atoms with van der Waals surface area (Å²) in [6, 6.07) is 11.8. The van der Waals surface area contributed by atoms with Gasteiger partial charge in [-0.05, 0) is 42.7 Å². The first-order valence-electron chi connectivity index (χ1n) is 9.27. The van der Waals surface area contributed by atoms with Gasteiger partial charge in [0.2, 0.25) is 0 Å². The highest BCUT2D eigenvalue weighted by Crippen LogP contribution is 2.36. The van der Waals surface area contributed by atoms with Crippen molar-refractivity contribution in [1.29, 1.82) is 0 Å². The number of methoxy groups -OCH3 is 1. The first-order valence-corrected chi connectivity index (χ1v) is 9.27. The molecule has 0 aliphatic carbocycles. The van der Waals surface area contributed by atoms with Gasteiger partial charge in [-0.3, -0.25) is 0 Å². The zero-order valence-electron chi connectivity index (χ0n) is 16.0. The lowest BCUT2D eigenvalue weighted by Crippen LogP contribution is -2.45. The molecule has 2 N–H and O–H groups in total. The van der Waals surface area contributed by atoms with Gasteiger partial charge in [-0.15, -0.1) is 0 Å². The highest BCUT2D eigenvalue weighted by molar-refractivity contribution is 5.90. The van der Waals surface area contributed by atoms with Crippen LogP contribution in [0.1, 0.15) is 24.0 Å². The number of hydrogen-bond donors (Lipinski definition) is 2. The monoisotopic (exact) mass is 408 g/mol. The largest absolute Gasteiger partial charge is 0.497 e. The van der Waals surface area contributed by atoms with Crippen molar-refractivity contribution in [1.82, 2.24) is 5.32 Å².